The second-order valence-corrected chi connectivity index (χ2v) is 4.19. The maximum atomic E-state index is 5.70. The lowest BCUT2D eigenvalue weighted by molar-refractivity contribution is 0.141. The van der Waals surface area contributed by atoms with Gasteiger partial charge in [0, 0.05) is 31.1 Å². The average molecular weight is 236 g/mol. The minimum absolute atomic E-state index is 0.790. The average Bonchev–Trinajstić information content (AvgIpc) is 2.34. The van der Waals surface area contributed by atoms with Crippen molar-refractivity contribution in [2.24, 2.45) is 0 Å². The van der Waals surface area contributed by atoms with E-state index in [2.05, 4.69) is 30.9 Å². The third-order valence-corrected chi connectivity index (χ3v) is 2.61. The van der Waals surface area contributed by atoms with Gasteiger partial charge in [-0.3, -0.25) is 0 Å². The number of hydrogen-bond acceptors (Lipinski definition) is 3. The molecule has 0 saturated carbocycles. The van der Waals surface area contributed by atoms with E-state index in [1.54, 1.807) is 0 Å². The van der Waals surface area contributed by atoms with E-state index in [1.807, 2.05) is 12.1 Å². The van der Waals surface area contributed by atoms with E-state index in [1.165, 1.54) is 5.69 Å². The summed E-state index contributed by atoms with van der Waals surface area (Å²) in [5.74, 6) is 0. The number of nitrogen functional groups attached to an aromatic ring is 1. The number of hydrogen-bond donors (Lipinski definition) is 1. The fraction of sp³-hybridized carbons (Fsp3) is 0.571. The molecule has 0 unspecified atom stereocenters. The van der Waals surface area contributed by atoms with Crippen LogP contribution in [0.3, 0.4) is 0 Å². The summed E-state index contributed by atoms with van der Waals surface area (Å²) in [4.78, 5) is 2.34. The van der Waals surface area contributed by atoms with E-state index in [0.717, 1.165) is 44.8 Å². The molecule has 2 N–H and O–H groups in total. The summed E-state index contributed by atoms with van der Waals surface area (Å²) < 4.78 is 5.54. The van der Waals surface area contributed by atoms with Crippen molar-refractivity contribution in [3.05, 3.63) is 24.3 Å². The molecule has 0 saturated heterocycles. The third-order valence-electron chi connectivity index (χ3n) is 2.61. The highest BCUT2D eigenvalue weighted by Crippen LogP contribution is 2.16. The van der Waals surface area contributed by atoms with Crippen LogP contribution in [0.1, 0.15) is 26.7 Å². The van der Waals surface area contributed by atoms with Gasteiger partial charge in [-0.15, -0.1) is 0 Å². The Labute approximate surface area is 105 Å². The van der Waals surface area contributed by atoms with Crippen molar-refractivity contribution in [1.29, 1.82) is 0 Å². The minimum Gasteiger partial charge on any atom is -0.399 e. The van der Waals surface area contributed by atoms with Gasteiger partial charge >= 0.3 is 0 Å². The number of rotatable bonds is 8. The van der Waals surface area contributed by atoms with Crippen molar-refractivity contribution in [1.82, 2.24) is 0 Å². The first-order valence-corrected chi connectivity index (χ1v) is 6.46. The Morgan fingerprint density at radius 2 is 1.71 bits per heavy atom. The Morgan fingerprint density at radius 3 is 2.29 bits per heavy atom. The van der Waals surface area contributed by atoms with Gasteiger partial charge in [0.05, 0.1) is 6.61 Å². The van der Waals surface area contributed by atoms with Crippen molar-refractivity contribution in [2.75, 3.05) is 36.9 Å². The summed E-state index contributed by atoms with van der Waals surface area (Å²) in [7, 11) is 0. The number of benzene rings is 1. The van der Waals surface area contributed by atoms with Crippen LogP contribution in [0.25, 0.3) is 0 Å². The van der Waals surface area contributed by atoms with Crippen molar-refractivity contribution < 1.29 is 4.74 Å². The van der Waals surface area contributed by atoms with Crippen molar-refractivity contribution in [3.63, 3.8) is 0 Å². The highest BCUT2D eigenvalue weighted by Gasteiger charge is 2.04. The number of nitrogens with zero attached hydrogens (tertiary/aromatic N) is 1. The van der Waals surface area contributed by atoms with Crippen LogP contribution in [-0.4, -0.2) is 26.3 Å². The molecule has 1 aromatic carbocycles. The molecule has 3 heteroatoms. The summed E-state index contributed by atoms with van der Waals surface area (Å²) in [5.41, 5.74) is 7.73. The molecule has 0 radical (unpaired) electrons. The highest BCUT2D eigenvalue weighted by atomic mass is 16.5. The van der Waals surface area contributed by atoms with Gasteiger partial charge < -0.3 is 15.4 Å². The fourth-order valence-electron chi connectivity index (χ4n) is 1.75. The molecule has 0 spiro atoms. The van der Waals surface area contributed by atoms with E-state index < -0.39 is 0 Å². The molecule has 0 aliphatic heterocycles. The first-order chi connectivity index (χ1) is 8.27. The largest absolute Gasteiger partial charge is 0.399 e. The van der Waals surface area contributed by atoms with E-state index in [-0.39, 0.29) is 0 Å². The summed E-state index contributed by atoms with van der Waals surface area (Å²) >= 11 is 0. The van der Waals surface area contributed by atoms with Crippen LogP contribution in [0.4, 0.5) is 11.4 Å². The van der Waals surface area contributed by atoms with Crippen molar-refractivity contribution >= 4 is 11.4 Å². The molecule has 0 bridgehead atoms. The van der Waals surface area contributed by atoms with Gasteiger partial charge in [0.1, 0.15) is 0 Å². The molecule has 0 aliphatic carbocycles. The minimum atomic E-state index is 0.790. The van der Waals surface area contributed by atoms with Gasteiger partial charge in [-0.2, -0.15) is 0 Å². The van der Waals surface area contributed by atoms with E-state index in [9.17, 15) is 0 Å². The predicted octanol–water partition coefficient (Wildman–Crippen LogP) is 2.91. The van der Waals surface area contributed by atoms with Gasteiger partial charge in [0.15, 0.2) is 0 Å². The topological polar surface area (TPSA) is 38.5 Å². The van der Waals surface area contributed by atoms with E-state index >= 15 is 0 Å². The van der Waals surface area contributed by atoms with Gasteiger partial charge in [-0.1, -0.05) is 13.8 Å². The maximum absolute atomic E-state index is 5.70. The zero-order valence-electron chi connectivity index (χ0n) is 11.0. The lowest BCUT2D eigenvalue weighted by atomic mass is 10.2. The summed E-state index contributed by atoms with van der Waals surface area (Å²) in [6.45, 7) is 7.96. The Hall–Kier alpha value is -1.22. The van der Waals surface area contributed by atoms with Crippen LogP contribution >= 0.6 is 0 Å². The molecular weight excluding hydrogens is 212 g/mol. The van der Waals surface area contributed by atoms with Crippen LogP contribution in [-0.2, 0) is 4.74 Å². The van der Waals surface area contributed by atoms with Crippen LogP contribution < -0.4 is 10.6 Å². The van der Waals surface area contributed by atoms with E-state index in [0.29, 0.717) is 0 Å². The van der Waals surface area contributed by atoms with Crippen LogP contribution in [0.5, 0.6) is 0 Å². The Bertz CT molecular complexity index is 298. The highest BCUT2D eigenvalue weighted by molar-refractivity contribution is 5.53. The van der Waals surface area contributed by atoms with Gasteiger partial charge in [-0.25, -0.2) is 0 Å². The summed E-state index contributed by atoms with van der Waals surface area (Å²) in [6.07, 6.45) is 2.22. The Kier molecular flexibility index (Phi) is 6.48. The normalized spacial score (nSPS) is 10.5. The van der Waals surface area contributed by atoms with Gasteiger partial charge in [0.2, 0.25) is 0 Å². The van der Waals surface area contributed by atoms with Crippen LogP contribution in [0.15, 0.2) is 24.3 Å². The smallest absolute Gasteiger partial charge is 0.0641 e. The second-order valence-electron chi connectivity index (χ2n) is 4.19. The Morgan fingerprint density at radius 1 is 1.00 bits per heavy atom. The zero-order valence-corrected chi connectivity index (χ0v) is 11.0. The number of ether oxygens (including phenoxy) is 1. The molecule has 0 amide bonds. The molecule has 0 aromatic heterocycles. The molecule has 3 nitrogen and oxygen atoms in total. The lowest BCUT2D eigenvalue weighted by Crippen LogP contribution is -2.28. The monoisotopic (exact) mass is 236 g/mol. The molecule has 1 aromatic rings. The maximum Gasteiger partial charge on any atom is 0.0641 e. The molecule has 0 heterocycles. The zero-order chi connectivity index (χ0) is 12.5. The standard InChI is InChI=1S/C14H24N2O/c1-3-9-16(10-12-17-11-4-2)14-7-5-13(15)6-8-14/h5-8H,3-4,9-12,15H2,1-2H3. The van der Waals surface area contributed by atoms with Gasteiger partial charge in [0.25, 0.3) is 0 Å². The molecule has 0 fully saturated rings. The lowest BCUT2D eigenvalue weighted by Gasteiger charge is -2.24. The third kappa shape index (κ3) is 5.09. The quantitative estimate of drug-likeness (QED) is 0.557. The first kappa shape index (κ1) is 13.8. The SMILES string of the molecule is CCCOCCN(CCC)c1ccc(N)cc1. The Balaban J connectivity index is 2.49. The number of anilines is 2. The molecule has 17 heavy (non-hydrogen) atoms. The molecule has 0 atom stereocenters. The van der Waals surface area contributed by atoms with Crippen LogP contribution in [0, 0.1) is 0 Å². The second kappa shape index (κ2) is 7.96. The van der Waals surface area contributed by atoms with Crippen molar-refractivity contribution in [3.8, 4) is 0 Å². The molecule has 0 aliphatic rings. The predicted molar refractivity (Wildman–Crippen MR) is 74.5 cm³/mol. The van der Waals surface area contributed by atoms with Gasteiger partial charge in [-0.05, 0) is 37.1 Å². The summed E-state index contributed by atoms with van der Waals surface area (Å²) in [5, 5.41) is 0. The molecule has 1 rings (SSSR count). The summed E-state index contributed by atoms with van der Waals surface area (Å²) in [6, 6.07) is 8.05. The molecule has 96 valence electrons. The van der Waals surface area contributed by atoms with Crippen molar-refractivity contribution in [2.45, 2.75) is 26.7 Å². The first-order valence-electron chi connectivity index (χ1n) is 6.46. The number of nitrogens with two attached hydrogens (primary N) is 1. The van der Waals surface area contributed by atoms with Crippen LogP contribution in [0.2, 0.25) is 0 Å². The van der Waals surface area contributed by atoms with E-state index in [4.69, 9.17) is 10.5 Å². The fourth-order valence-corrected chi connectivity index (χ4v) is 1.75. The molecular formula is C14H24N2O.